The number of azo groups is 2. The minimum Gasteiger partial charge on any atom is -0.494 e. The number of methoxy groups -OCH3 is 2. The lowest BCUT2D eigenvalue weighted by Gasteiger charge is -2.25. The van der Waals surface area contributed by atoms with Gasteiger partial charge in [0.1, 0.15) is 33.5 Å². The SMILES string of the molecule is CCN(CC)c1cc(Nc2nc(Nc3cc(N(CC)CC)c(OC)cc3N=Nc3c(S(=O)(=O)O)ccc4ccccc34)nc(SCCO)n2)c(N=Nc2cccc3ccccc23)cc1OC.O=S(=O)=O. The van der Waals surface area contributed by atoms with Crippen molar-refractivity contribution in [3.8, 4) is 11.5 Å². The molecule has 0 aliphatic heterocycles. The van der Waals surface area contributed by atoms with E-state index in [4.69, 9.17) is 47.3 Å². The van der Waals surface area contributed by atoms with Gasteiger partial charge >= 0.3 is 10.6 Å². The molecule has 0 atom stereocenters. The number of rotatable bonds is 20. The Hall–Kier alpha value is -7.31. The normalized spacial score (nSPS) is 11.4. The van der Waals surface area contributed by atoms with E-state index in [0.717, 1.165) is 22.1 Å². The highest BCUT2D eigenvalue weighted by Gasteiger charge is 2.22. The molecular formula is C47H51N11O9S3. The first kappa shape index (κ1) is 52.1. The second kappa shape index (κ2) is 24.3. The third-order valence-corrected chi connectivity index (χ3v) is 12.4. The summed E-state index contributed by atoms with van der Waals surface area (Å²) < 4.78 is 72.5. The Bertz CT molecular complexity index is 3250. The lowest BCUT2D eigenvalue weighted by molar-refractivity contribution is 0.322. The van der Waals surface area contributed by atoms with Gasteiger partial charge in [-0.2, -0.15) is 23.4 Å². The number of anilines is 6. The van der Waals surface area contributed by atoms with Crippen LogP contribution in [0.5, 0.6) is 11.5 Å². The van der Waals surface area contributed by atoms with Gasteiger partial charge in [-0.15, -0.1) is 33.1 Å². The van der Waals surface area contributed by atoms with E-state index in [2.05, 4.69) is 44.5 Å². The summed E-state index contributed by atoms with van der Waals surface area (Å²) in [5.41, 5.74) is 3.81. The highest BCUT2D eigenvalue weighted by atomic mass is 32.2. The molecule has 0 radical (unpaired) electrons. The second-order valence-electron chi connectivity index (χ2n) is 14.7. The van der Waals surface area contributed by atoms with E-state index in [1.165, 1.54) is 17.8 Å². The minimum atomic E-state index is -4.69. The lowest BCUT2D eigenvalue weighted by Crippen LogP contribution is -2.22. The average Bonchev–Trinajstić information content (AvgIpc) is 3.35. The van der Waals surface area contributed by atoms with Crippen molar-refractivity contribution >= 4 is 111 Å². The van der Waals surface area contributed by atoms with Gasteiger partial charge in [0, 0.05) is 54.8 Å². The molecule has 0 saturated heterocycles. The lowest BCUT2D eigenvalue weighted by atomic mass is 10.1. The van der Waals surface area contributed by atoms with Gasteiger partial charge in [-0.05, 0) is 62.7 Å². The van der Waals surface area contributed by atoms with E-state index >= 15 is 0 Å². The van der Waals surface area contributed by atoms with E-state index in [9.17, 15) is 18.1 Å². The predicted molar refractivity (Wildman–Crippen MR) is 273 cm³/mol. The Morgan fingerprint density at radius 3 is 1.60 bits per heavy atom. The fourth-order valence-corrected chi connectivity index (χ4v) is 8.61. The minimum absolute atomic E-state index is 0.0420. The number of benzene rings is 6. The molecule has 366 valence electrons. The largest absolute Gasteiger partial charge is 0.494 e. The van der Waals surface area contributed by atoms with Crippen molar-refractivity contribution in [2.75, 3.05) is 73.2 Å². The maximum Gasteiger partial charge on any atom is 0.425 e. The topological polar surface area (TPSA) is 263 Å². The van der Waals surface area contributed by atoms with Gasteiger partial charge in [-0.1, -0.05) is 78.5 Å². The van der Waals surface area contributed by atoms with Crippen LogP contribution in [0, 0.1) is 0 Å². The molecule has 4 N–H and O–H groups in total. The third-order valence-electron chi connectivity index (χ3n) is 10.7. The molecule has 0 amide bonds. The Balaban J connectivity index is 0.00000193. The number of aliphatic hydroxyl groups is 1. The standard InChI is InChI=1S/C47H51N11O6S2.O3S/c1-7-57(8-2)39-26-35(37(28-41(39)63-5)54-53-34-21-15-18-30-16-11-13-19-32(30)34)48-45-50-46(52-47(51-45)65-25-24-59)49-36-27-40(58(9-3)10-4)42(64-6)29-38(36)55-56-44-33-20-14-12-17-31(33)22-23-43(44)66(60,61)62;1-4(2)3/h11-23,26-29,59H,7-10,24-25H2,1-6H3,(H,60,61,62)(H2,48,49,50,51,52);. The molecule has 23 heteroatoms. The van der Waals surface area contributed by atoms with Crippen molar-refractivity contribution in [2.45, 2.75) is 37.7 Å². The van der Waals surface area contributed by atoms with E-state index < -0.39 is 25.6 Å². The van der Waals surface area contributed by atoms with Gasteiger partial charge in [0.05, 0.1) is 49.3 Å². The molecule has 0 saturated carbocycles. The molecule has 7 aromatic rings. The fourth-order valence-electron chi connectivity index (χ4n) is 7.40. The first-order chi connectivity index (χ1) is 33.7. The number of thioether (sulfide) groups is 1. The molecular weight excluding hydrogens is 959 g/mol. The van der Waals surface area contributed by atoms with Gasteiger partial charge in [0.15, 0.2) is 5.16 Å². The number of hydrogen-bond acceptors (Lipinski definition) is 20. The molecule has 6 aromatic carbocycles. The van der Waals surface area contributed by atoms with Gasteiger partial charge in [0.25, 0.3) is 10.1 Å². The van der Waals surface area contributed by atoms with Crippen LogP contribution in [0.25, 0.3) is 21.5 Å². The van der Waals surface area contributed by atoms with E-state index in [0.29, 0.717) is 82.1 Å². The van der Waals surface area contributed by atoms with Gasteiger partial charge < -0.3 is 35.0 Å². The molecule has 7 rings (SSSR count). The Morgan fingerprint density at radius 2 is 1.10 bits per heavy atom. The number of ether oxygens (including phenoxy) is 2. The van der Waals surface area contributed by atoms with Crippen molar-refractivity contribution < 1.29 is 40.2 Å². The average molecular weight is 1010 g/mol. The van der Waals surface area contributed by atoms with Crippen LogP contribution in [0.1, 0.15) is 27.7 Å². The number of aromatic nitrogens is 3. The van der Waals surface area contributed by atoms with Crippen LogP contribution in [0.15, 0.2) is 134 Å². The van der Waals surface area contributed by atoms with Crippen molar-refractivity contribution in [1.29, 1.82) is 0 Å². The molecule has 0 bridgehead atoms. The predicted octanol–water partition coefficient (Wildman–Crippen LogP) is 10.5. The quantitative estimate of drug-likeness (QED) is 0.0314. The van der Waals surface area contributed by atoms with E-state index in [-0.39, 0.29) is 29.9 Å². The summed E-state index contributed by atoms with van der Waals surface area (Å²) in [6, 6.07) is 31.0. The summed E-state index contributed by atoms with van der Waals surface area (Å²) >= 11 is 1.23. The van der Waals surface area contributed by atoms with Crippen LogP contribution in [0.2, 0.25) is 0 Å². The number of nitrogens with one attached hydrogen (secondary N) is 2. The number of hydrogen-bond donors (Lipinski definition) is 4. The molecule has 0 fully saturated rings. The van der Waals surface area contributed by atoms with Crippen LogP contribution in [-0.4, -0.2) is 98.4 Å². The Kier molecular flexibility index (Phi) is 18.1. The number of nitrogens with zero attached hydrogens (tertiary/aromatic N) is 9. The van der Waals surface area contributed by atoms with Crippen molar-refractivity contribution in [1.82, 2.24) is 15.0 Å². The third kappa shape index (κ3) is 12.9. The summed E-state index contributed by atoms with van der Waals surface area (Å²) in [5, 5.41) is 38.5. The highest BCUT2D eigenvalue weighted by Crippen LogP contribution is 2.44. The maximum absolute atomic E-state index is 12.6. The van der Waals surface area contributed by atoms with Crippen molar-refractivity contribution in [3.63, 3.8) is 0 Å². The number of fused-ring (bicyclic) bond motifs is 2. The molecule has 70 heavy (non-hydrogen) atoms. The summed E-state index contributed by atoms with van der Waals surface area (Å²) in [4.78, 5) is 18.1. The first-order valence-corrected chi connectivity index (χ1v) is 25.2. The summed E-state index contributed by atoms with van der Waals surface area (Å²) in [6.45, 7) is 10.8. The molecule has 20 nitrogen and oxygen atoms in total. The highest BCUT2D eigenvalue weighted by molar-refractivity contribution is 7.99. The smallest absolute Gasteiger partial charge is 0.425 e. The molecule has 1 aromatic heterocycles. The van der Waals surface area contributed by atoms with Gasteiger partial charge in [0.2, 0.25) is 11.9 Å². The summed E-state index contributed by atoms with van der Waals surface area (Å²) in [7, 11) is -4.64. The second-order valence-corrected chi connectivity index (χ2v) is 17.6. The van der Waals surface area contributed by atoms with Crippen molar-refractivity contribution in [3.05, 3.63) is 103 Å². The first-order valence-electron chi connectivity index (χ1n) is 21.8. The van der Waals surface area contributed by atoms with Gasteiger partial charge in [-0.3, -0.25) is 4.55 Å². The Morgan fingerprint density at radius 1 is 0.629 bits per heavy atom. The van der Waals surface area contributed by atoms with Crippen molar-refractivity contribution in [2.24, 2.45) is 20.5 Å². The molecule has 0 unspecified atom stereocenters. The molecule has 0 aliphatic carbocycles. The van der Waals surface area contributed by atoms with Gasteiger partial charge in [-0.25, -0.2) is 0 Å². The van der Waals surface area contributed by atoms with Crippen LogP contribution in [-0.2, 0) is 20.7 Å². The summed E-state index contributed by atoms with van der Waals surface area (Å²) in [5.74, 6) is 1.65. The molecule has 0 spiro atoms. The van der Waals surface area contributed by atoms with Crippen LogP contribution < -0.4 is 29.9 Å². The van der Waals surface area contributed by atoms with Crippen LogP contribution in [0.3, 0.4) is 0 Å². The van der Waals surface area contributed by atoms with Crippen LogP contribution >= 0.6 is 11.8 Å². The zero-order valence-corrected chi connectivity index (χ0v) is 41.5. The van der Waals surface area contributed by atoms with E-state index in [1.54, 1.807) is 38.5 Å². The van der Waals surface area contributed by atoms with E-state index in [1.807, 2.05) is 86.6 Å². The Labute approximate surface area is 410 Å². The summed E-state index contributed by atoms with van der Waals surface area (Å²) in [6.07, 6.45) is 0. The monoisotopic (exact) mass is 1010 g/mol. The zero-order valence-electron chi connectivity index (χ0n) is 39.1. The number of aliphatic hydroxyl groups excluding tert-OH is 1. The zero-order chi connectivity index (χ0) is 50.4. The fraction of sp³-hybridized carbons (Fsp3) is 0.255. The maximum atomic E-state index is 12.6. The van der Waals surface area contributed by atoms with Crippen LogP contribution in [0.4, 0.5) is 57.4 Å². The molecule has 0 aliphatic rings. The molecule has 1 heterocycles.